The lowest BCUT2D eigenvalue weighted by molar-refractivity contribution is -0.127. The Hall–Kier alpha value is -2.08. The van der Waals surface area contributed by atoms with Gasteiger partial charge in [0.1, 0.15) is 0 Å². The summed E-state index contributed by atoms with van der Waals surface area (Å²) in [5, 5.41) is 0. The first-order chi connectivity index (χ1) is 11.9. The van der Waals surface area contributed by atoms with E-state index in [1.165, 1.54) is 0 Å². The molecule has 0 unspecified atom stereocenters. The zero-order valence-corrected chi connectivity index (χ0v) is 13.9. The molecule has 0 aliphatic carbocycles. The molecule has 0 spiro atoms. The number of pyridine rings is 1. The van der Waals surface area contributed by atoms with Crippen molar-refractivity contribution in [3.8, 4) is 0 Å². The van der Waals surface area contributed by atoms with Crippen LogP contribution in [0, 0.1) is 0 Å². The predicted octanol–water partition coefficient (Wildman–Crippen LogP) is 3.86. The molecule has 1 saturated heterocycles. The third-order valence-corrected chi connectivity index (χ3v) is 4.69. The fourth-order valence-electron chi connectivity index (χ4n) is 3.39. The van der Waals surface area contributed by atoms with E-state index in [1.807, 2.05) is 6.07 Å². The first-order valence-electron chi connectivity index (χ1n) is 8.44. The van der Waals surface area contributed by atoms with E-state index in [1.54, 1.807) is 36.5 Å². The van der Waals surface area contributed by atoms with Crippen molar-refractivity contribution in [1.29, 1.82) is 0 Å². The molecule has 1 fully saturated rings. The molecule has 1 N–H and O–H groups in total. The molecule has 0 amide bonds. The number of nitrogens with zero attached hydrogens (tertiary/aromatic N) is 1. The van der Waals surface area contributed by atoms with Gasteiger partial charge in [0.05, 0.1) is 6.42 Å². The maximum Gasteiger partial charge on any atom is 0.393 e. The van der Waals surface area contributed by atoms with E-state index in [0.717, 1.165) is 43.6 Å². The topological polar surface area (TPSA) is 36.1 Å². The van der Waals surface area contributed by atoms with Crippen molar-refractivity contribution in [2.45, 2.75) is 37.9 Å². The number of alkyl halides is 3. The Morgan fingerprint density at radius 3 is 2.28 bits per heavy atom. The molecular formula is C19H21F3N2O. The zero-order chi connectivity index (χ0) is 17.9. The van der Waals surface area contributed by atoms with Crippen LogP contribution in [0.5, 0.6) is 0 Å². The molecule has 1 aliphatic heterocycles. The van der Waals surface area contributed by atoms with Gasteiger partial charge < -0.3 is 4.98 Å². The van der Waals surface area contributed by atoms with E-state index >= 15 is 0 Å². The molecule has 1 aromatic carbocycles. The average Bonchev–Trinajstić information content (AvgIpc) is 2.56. The van der Waals surface area contributed by atoms with Crippen LogP contribution in [0.1, 0.15) is 35.4 Å². The highest BCUT2D eigenvalue weighted by Crippen LogP contribution is 2.28. The lowest BCUT2D eigenvalue weighted by atomic mass is 9.90. The summed E-state index contributed by atoms with van der Waals surface area (Å²) in [7, 11) is 0. The van der Waals surface area contributed by atoms with Gasteiger partial charge in [-0.15, -0.1) is 0 Å². The molecule has 134 valence electrons. The second-order valence-corrected chi connectivity index (χ2v) is 6.65. The number of H-pyrrole nitrogens is 1. The summed E-state index contributed by atoms with van der Waals surface area (Å²) in [6, 6.07) is 10.3. The molecule has 3 rings (SSSR count). The zero-order valence-electron chi connectivity index (χ0n) is 13.9. The van der Waals surface area contributed by atoms with Gasteiger partial charge in [-0.2, -0.15) is 13.2 Å². The smallest absolute Gasteiger partial charge is 0.329 e. The number of piperidine rings is 1. The molecule has 1 aliphatic rings. The minimum absolute atomic E-state index is 0.0705. The van der Waals surface area contributed by atoms with Crippen molar-refractivity contribution >= 4 is 0 Å². The standard InChI is InChI=1S/C19H21F3N2O/c20-19(21,22)12-14-1-3-15(4-2-14)13-24-9-6-16(7-10-24)17-5-8-23-18(25)11-17/h1-5,8,11,16H,6-7,9-10,12-13H2,(H,23,25). The lowest BCUT2D eigenvalue weighted by Crippen LogP contribution is -2.32. The number of aromatic amines is 1. The van der Waals surface area contributed by atoms with Crippen molar-refractivity contribution in [3.05, 3.63) is 69.6 Å². The van der Waals surface area contributed by atoms with Gasteiger partial charge in [0.25, 0.3) is 0 Å². The van der Waals surface area contributed by atoms with Gasteiger partial charge in [0, 0.05) is 18.8 Å². The molecule has 3 nitrogen and oxygen atoms in total. The van der Waals surface area contributed by atoms with Gasteiger partial charge in [-0.3, -0.25) is 9.69 Å². The monoisotopic (exact) mass is 350 g/mol. The highest BCUT2D eigenvalue weighted by atomic mass is 19.4. The van der Waals surface area contributed by atoms with Crippen molar-refractivity contribution < 1.29 is 13.2 Å². The van der Waals surface area contributed by atoms with Crippen LogP contribution >= 0.6 is 0 Å². The Bertz CT molecular complexity index is 744. The number of hydrogen-bond acceptors (Lipinski definition) is 2. The third-order valence-electron chi connectivity index (χ3n) is 4.69. The van der Waals surface area contributed by atoms with E-state index in [2.05, 4.69) is 9.88 Å². The van der Waals surface area contributed by atoms with Gasteiger partial charge in [0.2, 0.25) is 5.56 Å². The molecule has 25 heavy (non-hydrogen) atoms. The molecule has 2 heterocycles. The van der Waals surface area contributed by atoms with Crippen molar-refractivity contribution in [2.24, 2.45) is 0 Å². The highest BCUT2D eigenvalue weighted by molar-refractivity contribution is 5.23. The third kappa shape index (κ3) is 5.19. The first-order valence-corrected chi connectivity index (χ1v) is 8.44. The van der Waals surface area contributed by atoms with Crippen molar-refractivity contribution in [1.82, 2.24) is 9.88 Å². The summed E-state index contributed by atoms with van der Waals surface area (Å²) in [5.74, 6) is 0.396. The van der Waals surface area contributed by atoms with E-state index in [4.69, 9.17) is 0 Å². The van der Waals surface area contributed by atoms with Gasteiger partial charge in [-0.1, -0.05) is 24.3 Å². The van der Waals surface area contributed by atoms with E-state index < -0.39 is 12.6 Å². The highest BCUT2D eigenvalue weighted by Gasteiger charge is 2.27. The van der Waals surface area contributed by atoms with Crippen LogP contribution in [0.15, 0.2) is 47.4 Å². The molecule has 0 saturated carbocycles. The fraction of sp³-hybridized carbons (Fsp3) is 0.421. The number of likely N-dealkylation sites (tertiary alicyclic amines) is 1. The maximum atomic E-state index is 12.4. The summed E-state index contributed by atoms with van der Waals surface area (Å²) >= 11 is 0. The van der Waals surface area contributed by atoms with Crippen LogP contribution in [-0.4, -0.2) is 29.1 Å². The van der Waals surface area contributed by atoms with E-state index in [9.17, 15) is 18.0 Å². The van der Waals surface area contributed by atoms with Crippen molar-refractivity contribution in [2.75, 3.05) is 13.1 Å². The van der Waals surface area contributed by atoms with Crippen molar-refractivity contribution in [3.63, 3.8) is 0 Å². The SMILES string of the molecule is O=c1cc(C2CCN(Cc3ccc(CC(F)(F)F)cc3)CC2)cc[nH]1. The Morgan fingerprint density at radius 2 is 1.68 bits per heavy atom. The van der Waals surface area contributed by atoms with Gasteiger partial charge in [0.15, 0.2) is 0 Å². The van der Waals surface area contributed by atoms with Crippen LogP contribution in [0.4, 0.5) is 13.2 Å². The largest absolute Gasteiger partial charge is 0.393 e. The minimum Gasteiger partial charge on any atom is -0.329 e. The van der Waals surface area contributed by atoms with Crippen LogP contribution < -0.4 is 5.56 Å². The summed E-state index contributed by atoms with van der Waals surface area (Å²) < 4.78 is 37.2. The molecule has 0 radical (unpaired) electrons. The molecule has 0 atom stereocenters. The summed E-state index contributed by atoms with van der Waals surface area (Å²) in [4.78, 5) is 16.4. The molecule has 1 aromatic heterocycles. The molecule has 6 heteroatoms. The quantitative estimate of drug-likeness (QED) is 0.909. The lowest BCUT2D eigenvalue weighted by Gasteiger charge is -2.32. The number of halogens is 3. The van der Waals surface area contributed by atoms with E-state index in [-0.39, 0.29) is 5.56 Å². The molecule has 2 aromatic rings. The Labute approximate surface area is 144 Å². The normalized spacial score (nSPS) is 16.9. The van der Waals surface area contributed by atoms with Gasteiger partial charge in [-0.25, -0.2) is 0 Å². The van der Waals surface area contributed by atoms with E-state index in [0.29, 0.717) is 11.5 Å². The number of rotatable bonds is 4. The average molecular weight is 350 g/mol. The van der Waals surface area contributed by atoms with Crippen LogP contribution in [0.3, 0.4) is 0 Å². The van der Waals surface area contributed by atoms with Crippen LogP contribution in [-0.2, 0) is 13.0 Å². The molecular weight excluding hydrogens is 329 g/mol. The summed E-state index contributed by atoms with van der Waals surface area (Å²) in [6.07, 6.45) is -1.39. The second-order valence-electron chi connectivity index (χ2n) is 6.65. The Morgan fingerprint density at radius 1 is 1.04 bits per heavy atom. The van der Waals surface area contributed by atoms with Gasteiger partial charge in [-0.05, 0) is 54.6 Å². The summed E-state index contributed by atoms with van der Waals surface area (Å²) in [5.41, 5.74) is 2.34. The summed E-state index contributed by atoms with van der Waals surface area (Å²) in [6.45, 7) is 2.58. The first kappa shape index (κ1) is 17.7. The number of benzene rings is 1. The molecule has 0 bridgehead atoms. The predicted molar refractivity (Wildman–Crippen MR) is 90.5 cm³/mol. The maximum absolute atomic E-state index is 12.4. The number of nitrogens with one attached hydrogen (secondary N) is 1. The fourth-order valence-corrected chi connectivity index (χ4v) is 3.39. The number of aromatic nitrogens is 1. The second kappa shape index (κ2) is 7.44. The Kier molecular flexibility index (Phi) is 5.27. The minimum atomic E-state index is -4.16. The van der Waals surface area contributed by atoms with Gasteiger partial charge >= 0.3 is 6.18 Å². The number of hydrogen-bond donors (Lipinski definition) is 1. The Balaban J connectivity index is 1.53. The van der Waals surface area contributed by atoms with Crippen LogP contribution in [0.2, 0.25) is 0 Å². The van der Waals surface area contributed by atoms with Crippen LogP contribution in [0.25, 0.3) is 0 Å².